The van der Waals surface area contributed by atoms with Gasteiger partial charge in [-0.1, -0.05) is 83.0 Å². The summed E-state index contributed by atoms with van der Waals surface area (Å²) in [4.78, 5) is 3.96. The van der Waals surface area contributed by atoms with Crippen LogP contribution in [0.3, 0.4) is 0 Å². The van der Waals surface area contributed by atoms with E-state index >= 15 is 0 Å². The topological polar surface area (TPSA) is 20.2 Å². The molecule has 0 saturated carbocycles. The van der Waals surface area contributed by atoms with Gasteiger partial charge in [0, 0.05) is 11.1 Å². The summed E-state index contributed by atoms with van der Waals surface area (Å²) in [6.45, 7) is 21.4. The molecule has 0 fully saturated rings. The second-order valence-electron chi connectivity index (χ2n) is 10.5. The zero-order chi connectivity index (χ0) is 27.1. The normalized spacial score (nSPS) is 12.1. The summed E-state index contributed by atoms with van der Waals surface area (Å²) in [5.41, 5.74) is 6.60. The number of aliphatic hydroxyl groups is 1. The van der Waals surface area contributed by atoms with Crippen LogP contribution in [0.15, 0.2) is 35.4 Å². The quantitative estimate of drug-likeness (QED) is 0.313. The predicted molar refractivity (Wildman–Crippen MR) is 162 cm³/mol. The van der Waals surface area contributed by atoms with Crippen molar-refractivity contribution in [1.82, 2.24) is 0 Å². The molecule has 0 unspecified atom stereocenters. The van der Waals surface area contributed by atoms with Crippen LogP contribution in [0, 0.1) is 47.0 Å². The van der Waals surface area contributed by atoms with Gasteiger partial charge in [0.1, 0.15) is 13.7 Å². The first-order chi connectivity index (χ1) is 16.7. The molecule has 0 spiro atoms. The molecule has 0 aliphatic rings. The van der Waals surface area contributed by atoms with Crippen molar-refractivity contribution in [2.24, 2.45) is 0 Å². The first-order valence-electron chi connectivity index (χ1n) is 12.4. The van der Waals surface area contributed by atoms with E-state index in [4.69, 9.17) is 0 Å². The van der Waals surface area contributed by atoms with Crippen LogP contribution in [-0.4, -0.2) is 18.8 Å². The largest absolute Gasteiger partial charge is 0.378 e. The molecule has 0 aromatic carbocycles. The Kier molecular flexibility index (Phi) is 10.5. The first kappa shape index (κ1) is 29.8. The molecule has 1 nitrogen and oxygen atoms in total. The Morgan fingerprint density at radius 2 is 1.06 bits per heavy atom. The standard InChI is InChI=1S/C32H38OS2Si/c1-23(2)36(24(3)4,25(5)6)22-20-31-18-16-29(35-31)14-12-27(8)26(7)11-13-28-15-17-30(34-28)19-21-32(9,10)33/h15-18,23-25,33H,1-10H3/b27-26+. The van der Waals surface area contributed by atoms with Crippen molar-refractivity contribution in [3.63, 3.8) is 0 Å². The molecule has 0 bridgehead atoms. The first-order valence-corrected chi connectivity index (χ1v) is 16.3. The summed E-state index contributed by atoms with van der Waals surface area (Å²) < 4.78 is 0. The minimum Gasteiger partial charge on any atom is -0.378 e. The van der Waals surface area contributed by atoms with E-state index in [1.165, 1.54) is 11.3 Å². The number of hydrogen-bond donors (Lipinski definition) is 1. The van der Waals surface area contributed by atoms with Crippen LogP contribution in [0.2, 0.25) is 16.6 Å². The molecule has 0 atom stereocenters. The van der Waals surface area contributed by atoms with E-state index in [0.29, 0.717) is 16.6 Å². The highest BCUT2D eigenvalue weighted by molar-refractivity contribution is 7.13. The highest BCUT2D eigenvalue weighted by Crippen LogP contribution is 2.40. The van der Waals surface area contributed by atoms with Crippen molar-refractivity contribution < 1.29 is 5.11 Å². The van der Waals surface area contributed by atoms with Crippen molar-refractivity contribution in [2.45, 2.75) is 91.5 Å². The van der Waals surface area contributed by atoms with Gasteiger partial charge in [0.25, 0.3) is 0 Å². The molecule has 0 aliphatic carbocycles. The molecule has 2 rings (SSSR count). The fraction of sp³-hybridized carbons (Fsp3) is 0.438. The zero-order valence-electron chi connectivity index (χ0n) is 23.3. The number of hydrogen-bond acceptors (Lipinski definition) is 3. The minimum atomic E-state index is -1.73. The van der Waals surface area contributed by atoms with E-state index < -0.39 is 13.7 Å². The maximum Gasteiger partial charge on any atom is 0.146 e. The molecule has 36 heavy (non-hydrogen) atoms. The van der Waals surface area contributed by atoms with Crippen LogP contribution in [0.1, 0.15) is 88.7 Å². The molecule has 0 amide bonds. The summed E-state index contributed by atoms with van der Waals surface area (Å²) in [5.74, 6) is 22.3. The third-order valence-electron chi connectivity index (χ3n) is 6.28. The lowest BCUT2D eigenvalue weighted by atomic mass is 10.1. The average Bonchev–Trinajstić information content (AvgIpc) is 3.43. The average molecular weight is 531 g/mol. The van der Waals surface area contributed by atoms with E-state index in [9.17, 15) is 5.11 Å². The molecular formula is C32H38OS2Si. The Labute approximate surface area is 228 Å². The number of thiophene rings is 2. The second-order valence-corrected chi connectivity index (χ2v) is 18.3. The van der Waals surface area contributed by atoms with Crippen molar-refractivity contribution in [3.05, 3.63) is 54.9 Å². The number of rotatable bonds is 3. The number of allylic oxidation sites excluding steroid dienone is 2. The van der Waals surface area contributed by atoms with Crippen molar-refractivity contribution in [3.8, 4) is 47.0 Å². The Hall–Kier alpha value is -2.44. The van der Waals surface area contributed by atoms with Gasteiger partial charge in [0.2, 0.25) is 0 Å². The van der Waals surface area contributed by atoms with Crippen LogP contribution in [0.5, 0.6) is 0 Å². The molecule has 0 saturated heterocycles. The lowest BCUT2D eigenvalue weighted by Gasteiger charge is -2.38. The van der Waals surface area contributed by atoms with Crippen LogP contribution >= 0.6 is 22.7 Å². The van der Waals surface area contributed by atoms with Gasteiger partial charge in [0.15, 0.2) is 0 Å². The van der Waals surface area contributed by atoms with E-state index in [2.05, 4.69) is 101 Å². The minimum absolute atomic E-state index is 0.627. The smallest absolute Gasteiger partial charge is 0.146 e. The Morgan fingerprint density at radius 3 is 1.42 bits per heavy atom. The van der Waals surface area contributed by atoms with Crippen molar-refractivity contribution in [2.75, 3.05) is 0 Å². The predicted octanol–water partition coefficient (Wildman–Crippen LogP) is 8.24. The van der Waals surface area contributed by atoms with Crippen LogP contribution in [-0.2, 0) is 0 Å². The van der Waals surface area contributed by atoms with Gasteiger partial charge in [-0.3, -0.25) is 0 Å². The molecule has 1 N–H and O–H groups in total. The lowest BCUT2D eigenvalue weighted by molar-refractivity contribution is 0.143. The van der Waals surface area contributed by atoms with E-state index in [1.54, 1.807) is 25.2 Å². The van der Waals surface area contributed by atoms with Crippen LogP contribution < -0.4 is 0 Å². The Bertz CT molecular complexity index is 1320. The SMILES string of the molecule is C/C(C#Cc1ccc(C#CC(C)(C)O)s1)=C(/C)C#Cc1ccc(C#C[Si](C(C)C)(C(C)C)C(C)C)s1. The summed E-state index contributed by atoms with van der Waals surface area (Å²) in [5, 5.41) is 9.76. The van der Waals surface area contributed by atoms with Gasteiger partial charge in [-0.15, -0.1) is 28.2 Å². The maximum atomic E-state index is 9.76. The highest BCUT2D eigenvalue weighted by Gasteiger charge is 2.41. The van der Waals surface area contributed by atoms with Crippen LogP contribution in [0.25, 0.3) is 0 Å². The summed E-state index contributed by atoms with van der Waals surface area (Å²) >= 11 is 3.20. The molecule has 0 radical (unpaired) electrons. The molecule has 4 heteroatoms. The van der Waals surface area contributed by atoms with E-state index in [1.807, 2.05) is 26.0 Å². The van der Waals surface area contributed by atoms with Gasteiger partial charge >= 0.3 is 0 Å². The lowest BCUT2D eigenvalue weighted by Crippen LogP contribution is -2.43. The maximum absolute atomic E-state index is 9.76. The van der Waals surface area contributed by atoms with Gasteiger partial charge in [-0.05, 0) is 68.6 Å². The monoisotopic (exact) mass is 530 g/mol. The van der Waals surface area contributed by atoms with Crippen molar-refractivity contribution >= 4 is 30.7 Å². The highest BCUT2D eigenvalue weighted by atomic mass is 32.1. The van der Waals surface area contributed by atoms with Crippen LogP contribution in [0.4, 0.5) is 0 Å². The molecule has 0 aliphatic heterocycles. The molecular weight excluding hydrogens is 493 g/mol. The third-order valence-corrected chi connectivity index (χ3v) is 14.4. The Balaban J connectivity index is 2.19. The summed E-state index contributed by atoms with van der Waals surface area (Å²) in [7, 11) is -1.73. The fourth-order valence-corrected chi connectivity index (χ4v) is 11.0. The van der Waals surface area contributed by atoms with Gasteiger partial charge in [-0.2, -0.15) is 0 Å². The zero-order valence-corrected chi connectivity index (χ0v) is 25.9. The molecule has 188 valence electrons. The van der Waals surface area contributed by atoms with E-state index in [-0.39, 0.29) is 0 Å². The third kappa shape index (κ3) is 8.31. The second kappa shape index (κ2) is 12.7. The van der Waals surface area contributed by atoms with Gasteiger partial charge in [-0.25, -0.2) is 0 Å². The summed E-state index contributed by atoms with van der Waals surface area (Å²) in [6.07, 6.45) is 0. The molecule has 2 aromatic rings. The van der Waals surface area contributed by atoms with Gasteiger partial charge < -0.3 is 5.11 Å². The summed E-state index contributed by atoms with van der Waals surface area (Å²) in [6, 6.07) is 8.07. The molecule has 2 heterocycles. The van der Waals surface area contributed by atoms with Crippen molar-refractivity contribution in [1.29, 1.82) is 0 Å². The molecule has 2 aromatic heterocycles. The van der Waals surface area contributed by atoms with E-state index in [0.717, 1.165) is 30.7 Å². The fourth-order valence-electron chi connectivity index (χ4n) is 4.26. The van der Waals surface area contributed by atoms with Gasteiger partial charge in [0.05, 0.1) is 19.5 Å². The Morgan fingerprint density at radius 1 is 0.694 bits per heavy atom.